The molecule has 6 heteroatoms. The van der Waals surface area contributed by atoms with E-state index in [1.807, 2.05) is 0 Å². The van der Waals surface area contributed by atoms with E-state index in [0.717, 1.165) is 0 Å². The molecule has 1 aromatic rings. The van der Waals surface area contributed by atoms with Gasteiger partial charge >= 0.3 is 12.0 Å². The van der Waals surface area contributed by atoms with E-state index in [0.29, 0.717) is 0 Å². The van der Waals surface area contributed by atoms with Gasteiger partial charge in [-0.2, -0.15) is 0 Å². The van der Waals surface area contributed by atoms with Gasteiger partial charge in [0.25, 0.3) is 0 Å². The summed E-state index contributed by atoms with van der Waals surface area (Å²) in [6, 6.07) is 4.98. The summed E-state index contributed by atoms with van der Waals surface area (Å²) in [5, 5.41) is 17.3. The summed E-state index contributed by atoms with van der Waals surface area (Å²) in [6.07, 6.45) is 0. The molecule has 14 heavy (non-hydrogen) atoms. The minimum atomic E-state index is -1.11. The quantitative estimate of drug-likeness (QED) is 0.510. The Bertz CT molecular complexity index is 334. The molecule has 6 nitrogen and oxygen atoms in total. The van der Waals surface area contributed by atoms with E-state index in [9.17, 15) is 4.79 Å². The van der Waals surface area contributed by atoms with Crippen LogP contribution in [0.1, 0.15) is 10.4 Å². The number of carboxylic acids is 1. The van der Waals surface area contributed by atoms with Crippen LogP contribution in [-0.2, 0) is 0 Å². The topological polar surface area (TPSA) is 127 Å². The van der Waals surface area contributed by atoms with Gasteiger partial charge in [-0.1, -0.05) is 12.1 Å². The number of aromatic carboxylic acids is 1. The van der Waals surface area contributed by atoms with Crippen LogP contribution in [0.5, 0.6) is 5.75 Å². The fourth-order valence-corrected chi connectivity index (χ4v) is 0.654. The molecule has 76 valence electrons. The summed E-state index contributed by atoms with van der Waals surface area (Å²) >= 11 is 0. The lowest BCUT2D eigenvalue weighted by Gasteiger charge is -1.95. The van der Waals surface area contributed by atoms with Gasteiger partial charge in [0, 0.05) is 0 Å². The van der Waals surface area contributed by atoms with Gasteiger partial charge in [-0.05, 0) is 12.1 Å². The van der Waals surface area contributed by atoms with Crippen LogP contribution in [0.3, 0.4) is 0 Å². The fraction of sp³-hybridized carbons (Fsp3) is 0. The smallest absolute Gasteiger partial charge is 0.339 e. The monoisotopic (exact) mass is 198 g/mol. The van der Waals surface area contributed by atoms with Crippen molar-refractivity contribution in [3.8, 4) is 5.75 Å². The van der Waals surface area contributed by atoms with Crippen molar-refractivity contribution in [2.75, 3.05) is 0 Å². The number of primary amides is 2. The minimum Gasteiger partial charge on any atom is -0.507 e. The predicted molar refractivity (Wildman–Crippen MR) is 48.8 cm³/mol. The summed E-state index contributed by atoms with van der Waals surface area (Å²) in [4.78, 5) is 19.3. The highest BCUT2D eigenvalue weighted by Gasteiger charge is 2.05. The van der Waals surface area contributed by atoms with Crippen LogP contribution in [0.25, 0.3) is 0 Å². The molecule has 0 unspecified atom stereocenters. The number of urea groups is 1. The minimum absolute atomic E-state index is 0.0671. The molecule has 0 fully saturated rings. The van der Waals surface area contributed by atoms with Crippen molar-refractivity contribution in [1.29, 1.82) is 0 Å². The van der Waals surface area contributed by atoms with E-state index in [1.54, 1.807) is 12.1 Å². The van der Waals surface area contributed by atoms with Crippen LogP contribution < -0.4 is 11.5 Å². The predicted octanol–water partition coefficient (Wildman–Crippen LogP) is 0.114. The molecule has 0 aliphatic rings. The first kappa shape index (κ1) is 11.8. The summed E-state index contributed by atoms with van der Waals surface area (Å²) in [7, 11) is 0. The molecule has 6 N–H and O–H groups in total. The van der Waals surface area contributed by atoms with Crippen molar-refractivity contribution in [2.45, 2.75) is 0 Å². The number of carbonyl (C=O) groups excluding carboxylic acids is 1. The highest BCUT2D eigenvalue weighted by molar-refractivity contribution is 5.90. The van der Waals surface area contributed by atoms with Gasteiger partial charge in [0.1, 0.15) is 11.3 Å². The van der Waals surface area contributed by atoms with Crippen LogP contribution in [0.2, 0.25) is 0 Å². The Morgan fingerprint density at radius 1 is 1.14 bits per heavy atom. The molecule has 0 aliphatic carbocycles. The number of carboxylic acid groups (broad SMARTS) is 1. The third kappa shape index (κ3) is 4.60. The molecule has 0 heterocycles. The highest BCUT2D eigenvalue weighted by Crippen LogP contribution is 2.14. The van der Waals surface area contributed by atoms with E-state index < -0.39 is 12.0 Å². The van der Waals surface area contributed by atoms with Crippen molar-refractivity contribution in [3.63, 3.8) is 0 Å². The number of nitrogens with two attached hydrogens (primary N) is 2. The van der Waals surface area contributed by atoms with E-state index in [-0.39, 0.29) is 11.3 Å². The van der Waals surface area contributed by atoms with Crippen LogP contribution in [-0.4, -0.2) is 22.2 Å². The third-order valence-electron chi connectivity index (χ3n) is 1.13. The molecule has 0 spiro atoms. The summed E-state index contributed by atoms with van der Waals surface area (Å²) in [5.41, 5.74) is 8.43. The average molecular weight is 198 g/mol. The van der Waals surface area contributed by atoms with Crippen LogP contribution >= 0.6 is 0 Å². The van der Waals surface area contributed by atoms with E-state index >= 15 is 0 Å². The number of phenols is 1. The van der Waals surface area contributed by atoms with Crippen molar-refractivity contribution < 1.29 is 19.8 Å². The Balaban J connectivity index is 0.000000364. The van der Waals surface area contributed by atoms with E-state index in [2.05, 4.69) is 11.5 Å². The number of amides is 2. The van der Waals surface area contributed by atoms with Gasteiger partial charge in [-0.3, -0.25) is 0 Å². The second-order valence-electron chi connectivity index (χ2n) is 2.22. The SMILES string of the molecule is NC(N)=O.O=C(O)c1ccccc1O. The molecule has 0 bridgehead atoms. The molecule has 1 aromatic carbocycles. The highest BCUT2D eigenvalue weighted by atomic mass is 16.4. The van der Waals surface area contributed by atoms with E-state index in [4.69, 9.17) is 15.0 Å². The van der Waals surface area contributed by atoms with Crippen LogP contribution in [0.4, 0.5) is 4.79 Å². The summed E-state index contributed by atoms with van der Waals surface area (Å²) in [6.45, 7) is 0. The van der Waals surface area contributed by atoms with Gasteiger partial charge in [0.05, 0.1) is 0 Å². The number of hydrogen-bond donors (Lipinski definition) is 4. The first-order valence-corrected chi connectivity index (χ1v) is 3.51. The lowest BCUT2D eigenvalue weighted by Crippen LogP contribution is -2.18. The van der Waals surface area contributed by atoms with Crippen LogP contribution in [0.15, 0.2) is 24.3 Å². The zero-order valence-corrected chi connectivity index (χ0v) is 7.18. The molecule has 2 amide bonds. The zero-order valence-electron chi connectivity index (χ0n) is 7.18. The van der Waals surface area contributed by atoms with Crippen LogP contribution in [0, 0.1) is 0 Å². The normalized spacial score (nSPS) is 8.29. The molecule has 0 saturated carbocycles. The van der Waals surface area contributed by atoms with Crippen molar-refractivity contribution in [3.05, 3.63) is 29.8 Å². The van der Waals surface area contributed by atoms with Gasteiger partial charge in [-0.15, -0.1) is 0 Å². The fourth-order valence-electron chi connectivity index (χ4n) is 0.654. The second-order valence-corrected chi connectivity index (χ2v) is 2.22. The molecule has 0 radical (unpaired) electrons. The molecule has 1 rings (SSSR count). The molecule has 0 atom stereocenters. The number of benzene rings is 1. The Labute approximate surface area is 79.8 Å². The van der Waals surface area contributed by atoms with Crippen molar-refractivity contribution >= 4 is 12.0 Å². The molecular formula is C8H10N2O4. The molecular weight excluding hydrogens is 188 g/mol. The largest absolute Gasteiger partial charge is 0.507 e. The number of carbonyl (C=O) groups is 2. The standard InChI is InChI=1S/C7H6O3.CH4N2O/c8-6-4-2-1-3-5(6)7(9)10;2-1(3)4/h1-4,8H,(H,9,10);(H4,2,3,4). The Morgan fingerprint density at radius 2 is 1.57 bits per heavy atom. The van der Waals surface area contributed by atoms with Crippen molar-refractivity contribution in [2.24, 2.45) is 11.5 Å². The first-order chi connectivity index (χ1) is 6.45. The summed E-state index contributed by atoms with van der Waals surface area (Å²) < 4.78 is 0. The lowest BCUT2D eigenvalue weighted by molar-refractivity contribution is 0.0693. The Hall–Kier alpha value is -2.24. The Morgan fingerprint density at radius 3 is 1.86 bits per heavy atom. The van der Waals surface area contributed by atoms with Gasteiger partial charge < -0.3 is 21.7 Å². The maximum absolute atomic E-state index is 10.3. The molecule has 0 aliphatic heterocycles. The van der Waals surface area contributed by atoms with Gasteiger partial charge in [-0.25, -0.2) is 9.59 Å². The number of aromatic hydroxyl groups is 1. The lowest BCUT2D eigenvalue weighted by atomic mass is 10.2. The first-order valence-electron chi connectivity index (χ1n) is 3.51. The van der Waals surface area contributed by atoms with Crippen molar-refractivity contribution in [1.82, 2.24) is 0 Å². The zero-order chi connectivity index (χ0) is 11.1. The molecule has 0 saturated heterocycles. The third-order valence-corrected chi connectivity index (χ3v) is 1.13. The maximum atomic E-state index is 10.3. The maximum Gasteiger partial charge on any atom is 0.339 e. The number of para-hydroxylation sites is 1. The molecule has 0 aromatic heterocycles. The van der Waals surface area contributed by atoms with E-state index in [1.165, 1.54) is 12.1 Å². The van der Waals surface area contributed by atoms with Gasteiger partial charge in [0.15, 0.2) is 0 Å². The van der Waals surface area contributed by atoms with Gasteiger partial charge in [0.2, 0.25) is 0 Å². The second kappa shape index (κ2) is 5.41. The Kier molecular flexibility index (Phi) is 4.55. The summed E-state index contributed by atoms with van der Waals surface area (Å²) in [5.74, 6) is -1.31. The number of hydrogen-bond acceptors (Lipinski definition) is 3. The average Bonchev–Trinajstić information content (AvgIpc) is 2.03. The number of rotatable bonds is 1.